The number of benzene rings is 2. The highest BCUT2D eigenvalue weighted by molar-refractivity contribution is 6.09. The predicted molar refractivity (Wildman–Crippen MR) is 180 cm³/mol. The van der Waals surface area contributed by atoms with Crippen LogP contribution < -0.4 is 20.3 Å². The molecule has 46 heavy (non-hydrogen) atoms. The van der Waals surface area contributed by atoms with E-state index in [4.69, 9.17) is 15.1 Å². The first-order valence-electron chi connectivity index (χ1n) is 15.4. The largest absolute Gasteiger partial charge is 0.496 e. The van der Waals surface area contributed by atoms with Crippen LogP contribution in [-0.4, -0.2) is 44.1 Å². The molecule has 2 unspecified atom stereocenters. The Balaban J connectivity index is 0.00000236. The molecule has 0 spiro atoms. The van der Waals surface area contributed by atoms with Crippen molar-refractivity contribution in [3.63, 3.8) is 0 Å². The van der Waals surface area contributed by atoms with E-state index in [-0.39, 0.29) is 18.2 Å². The van der Waals surface area contributed by atoms with Crippen molar-refractivity contribution in [2.75, 3.05) is 24.4 Å². The topological polar surface area (TPSA) is 114 Å². The Bertz CT molecular complexity index is 1510. The molecular weight excluding hydrogens is 593 g/mol. The lowest BCUT2D eigenvalue weighted by Gasteiger charge is -2.36. The Labute approximate surface area is 270 Å². The van der Waals surface area contributed by atoms with E-state index in [1.165, 1.54) is 19.6 Å². The summed E-state index contributed by atoms with van der Waals surface area (Å²) < 4.78 is 46.6. The number of nitriles is 1. The number of methoxy groups -OCH3 is 1. The lowest BCUT2D eigenvalue weighted by atomic mass is 9.98. The molecule has 8 nitrogen and oxygen atoms in total. The second-order valence-electron chi connectivity index (χ2n) is 11.0. The van der Waals surface area contributed by atoms with Crippen LogP contribution in [0.15, 0.2) is 64.9 Å². The van der Waals surface area contributed by atoms with E-state index in [0.717, 1.165) is 30.4 Å². The molecule has 0 radical (unpaired) electrons. The summed E-state index contributed by atoms with van der Waals surface area (Å²) in [4.78, 5) is 18.2. The molecule has 0 saturated carbocycles. The van der Waals surface area contributed by atoms with E-state index in [1.807, 2.05) is 26.8 Å². The molecule has 0 amide bonds. The van der Waals surface area contributed by atoms with Gasteiger partial charge in [0.25, 0.3) is 0 Å². The lowest BCUT2D eigenvalue weighted by Crippen LogP contribution is -2.45. The summed E-state index contributed by atoms with van der Waals surface area (Å²) in [6.07, 6.45) is -0.704. The SMILES string of the molecule is C=C1NC(c2cc(NC(CC=O)C(CC)N(C)c3ccc(C#N)c(C(F)(F)F)c3)ccc2OC)=NC(C(=N)CCC)=C1C.CCC. The molecule has 3 rings (SSSR count). The average molecular weight is 639 g/mol. The summed E-state index contributed by atoms with van der Waals surface area (Å²) in [5, 5.41) is 24.3. The summed E-state index contributed by atoms with van der Waals surface area (Å²) in [6, 6.07) is 9.70. The minimum absolute atomic E-state index is 0.0862. The molecule has 0 aromatic heterocycles. The van der Waals surface area contributed by atoms with Gasteiger partial charge in [-0.25, -0.2) is 4.99 Å². The van der Waals surface area contributed by atoms with Crippen LogP contribution in [0, 0.1) is 16.7 Å². The van der Waals surface area contributed by atoms with Crippen molar-refractivity contribution in [3.8, 4) is 11.8 Å². The maximum atomic E-state index is 13.7. The third kappa shape index (κ3) is 9.22. The maximum Gasteiger partial charge on any atom is 0.417 e. The molecule has 0 saturated heterocycles. The van der Waals surface area contributed by atoms with Gasteiger partial charge in [0, 0.05) is 36.6 Å². The Morgan fingerprint density at radius 1 is 1.22 bits per heavy atom. The highest BCUT2D eigenvalue weighted by atomic mass is 19.4. The Kier molecular flexibility index (Phi) is 14.1. The molecule has 3 N–H and O–H groups in total. The van der Waals surface area contributed by atoms with E-state index in [0.29, 0.717) is 52.8 Å². The molecule has 0 bridgehead atoms. The third-order valence-electron chi connectivity index (χ3n) is 7.46. The number of rotatable bonds is 13. The molecule has 2 atom stereocenters. The maximum absolute atomic E-state index is 13.7. The van der Waals surface area contributed by atoms with Crippen molar-refractivity contribution in [1.82, 2.24) is 5.32 Å². The molecule has 0 aliphatic carbocycles. The van der Waals surface area contributed by atoms with Gasteiger partial charge in [-0.3, -0.25) is 0 Å². The highest BCUT2D eigenvalue weighted by Crippen LogP contribution is 2.35. The number of ether oxygens (including phenoxy) is 1. The number of hydrogen-bond donors (Lipinski definition) is 3. The van der Waals surface area contributed by atoms with Gasteiger partial charge in [-0.1, -0.05) is 47.1 Å². The van der Waals surface area contributed by atoms with Gasteiger partial charge in [0.2, 0.25) is 0 Å². The molecule has 2 aromatic rings. The van der Waals surface area contributed by atoms with Gasteiger partial charge in [0.15, 0.2) is 0 Å². The minimum Gasteiger partial charge on any atom is -0.496 e. The van der Waals surface area contributed by atoms with Crippen molar-refractivity contribution in [1.29, 1.82) is 10.7 Å². The van der Waals surface area contributed by atoms with Crippen LogP contribution in [0.2, 0.25) is 0 Å². The molecule has 248 valence electrons. The first kappa shape index (κ1) is 37.6. The first-order valence-corrected chi connectivity index (χ1v) is 15.4. The fourth-order valence-corrected chi connectivity index (χ4v) is 5.11. The van der Waals surface area contributed by atoms with Crippen LogP contribution in [0.4, 0.5) is 24.5 Å². The number of aliphatic imine (C=N–C) groups is 1. The molecule has 1 aliphatic rings. The second-order valence-corrected chi connectivity index (χ2v) is 11.0. The van der Waals surface area contributed by atoms with Crippen molar-refractivity contribution in [3.05, 3.63) is 76.6 Å². The summed E-state index contributed by atoms with van der Waals surface area (Å²) in [5.74, 6) is 0.985. The summed E-state index contributed by atoms with van der Waals surface area (Å²) in [6.45, 7) is 14.1. The third-order valence-corrected chi connectivity index (χ3v) is 7.46. The molecule has 1 heterocycles. The number of likely N-dealkylation sites (N-methyl/N-ethyl adjacent to an activating group) is 1. The number of hydrogen-bond acceptors (Lipinski definition) is 8. The predicted octanol–water partition coefficient (Wildman–Crippen LogP) is 8.24. The summed E-state index contributed by atoms with van der Waals surface area (Å²) in [7, 11) is 3.21. The number of carbonyl (C=O) groups is 1. The number of anilines is 2. The van der Waals surface area contributed by atoms with Gasteiger partial charge in [-0.2, -0.15) is 18.4 Å². The monoisotopic (exact) mass is 638 g/mol. The van der Waals surface area contributed by atoms with E-state index >= 15 is 0 Å². The van der Waals surface area contributed by atoms with Gasteiger partial charge in [-0.05, 0) is 61.7 Å². The van der Waals surface area contributed by atoms with E-state index < -0.39 is 23.3 Å². The van der Waals surface area contributed by atoms with Crippen LogP contribution in [0.25, 0.3) is 0 Å². The number of halogens is 3. The summed E-state index contributed by atoms with van der Waals surface area (Å²) >= 11 is 0. The first-order chi connectivity index (χ1) is 21.8. The van der Waals surface area contributed by atoms with E-state index in [1.54, 1.807) is 30.1 Å². The Morgan fingerprint density at radius 3 is 2.43 bits per heavy atom. The zero-order valence-electron chi connectivity index (χ0n) is 27.7. The van der Waals surface area contributed by atoms with Gasteiger partial charge in [-0.15, -0.1) is 0 Å². The van der Waals surface area contributed by atoms with Gasteiger partial charge < -0.3 is 30.5 Å². The summed E-state index contributed by atoms with van der Waals surface area (Å²) in [5.41, 5.74) is 2.42. The number of aldehydes is 1. The quantitative estimate of drug-likeness (QED) is 0.150. The normalized spacial score (nSPS) is 14.1. The number of amidine groups is 1. The fraction of sp³-hybridized carbons (Fsp3) is 0.429. The van der Waals surface area contributed by atoms with Crippen molar-refractivity contribution < 1.29 is 22.7 Å². The molecule has 0 fully saturated rings. The molecule has 2 aromatic carbocycles. The van der Waals surface area contributed by atoms with Crippen LogP contribution in [-0.2, 0) is 11.0 Å². The molecule has 1 aliphatic heterocycles. The zero-order chi connectivity index (χ0) is 34.6. The van der Waals surface area contributed by atoms with E-state index in [9.17, 15) is 23.2 Å². The van der Waals surface area contributed by atoms with Crippen LogP contribution in [0.1, 0.15) is 83.4 Å². The number of alkyl halides is 3. The van der Waals surface area contributed by atoms with Crippen molar-refractivity contribution in [2.45, 2.75) is 85.0 Å². The van der Waals surface area contributed by atoms with E-state index in [2.05, 4.69) is 31.1 Å². The van der Waals surface area contributed by atoms with Crippen LogP contribution >= 0.6 is 0 Å². The highest BCUT2D eigenvalue weighted by Gasteiger charge is 2.35. The second kappa shape index (κ2) is 17.2. The fourth-order valence-electron chi connectivity index (χ4n) is 5.11. The molecular formula is C35H45F3N6O2. The Hall–Kier alpha value is -4.59. The van der Waals surface area contributed by atoms with Gasteiger partial charge in [0.1, 0.15) is 17.9 Å². The number of carbonyl (C=O) groups excluding carboxylic acids is 1. The zero-order valence-corrected chi connectivity index (χ0v) is 27.7. The number of nitrogens with zero attached hydrogens (tertiary/aromatic N) is 3. The van der Waals surface area contributed by atoms with Crippen molar-refractivity contribution in [2.24, 2.45) is 4.99 Å². The average Bonchev–Trinajstić information content (AvgIpc) is 3.02. The van der Waals surface area contributed by atoms with Gasteiger partial charge in [0.05, 0.1) is 47.3 Å². The minimum atomic E-state index is -4.69. The standard InChI is InChI=1S/C32H37F3N6O2.C3H8/c1-7-9-26(37)30-19(3)20(4)38-31(40-30)24-16-22(11-13-29(24)43-6)39-27(14-15-42)28(8-2)41(5)23-12-10-21(18-36)25(17-23)32(33,34)35;1-3-2/h10-13,15-17,27-28,37,39H,4,7-9,14H2,1-3,5-6H3,(H,38,40);3H2,1-2H3. The van der Waals surface area contributed by atoms with Crippen LogP contribution in [0.3, 0.4) is 0 Å². The van der Waals surface area contributed by atoms with Crippen molar-refractivity contribution >= 4 is 29.2 Å². The lowest BCUT2D eigenvalue weighted by molar-refractivity contribution is -0.137. The number of nitrogens with one attached hydrogen (secondary N) is 3. The van der Waals surface area contributed by atoms with Crippen LogP contribution in [0.5, 0.6) is 5.75 Å². The Morgan fingerprint density at radius 2 is 1.89 bits per heavy atom. The molecule has 11 heteroatoms. The number of allylic oxidation sites excluding steroid dienone is 2. The smallest absolute Gasteiger partial charge is 0.417 e. The van der Waals surface area contributed by atoms with Gasteiger partial charge >= 0.3 is 6.18 Å².